The van der Waals surface area contributed by atoms with Crippen molar-refractivity contribution in [2.24, 2.45) is 0 Å². The summed E-state index contributed by atoms with van der Waals surface area (Å²) in [5, 5.41) is 0. The molecule has 2 unspecified atom stereocenters. The molecule has 4 heterocycles. The summed E-state index contributed by atoms with van der Waals surface area (Å²) in [6.45, 7) is 6.49. The van der Waals surface area contributed by atoms with Crippen LogP contribution in [-0.2, 0) is 13.1 Å². The van der Waals surface area contributed by atoms with E-state index in [1.165, 1.54) is 49.9 Å². The summed E-state index contributed by atoms with van der Waals surface area (Å²) in [7, 11) is 0. The maximum atomic E-state index is 5.85. The minimum Gasteiger partial charge on any atom is -0.399 e. The lowest BCUT2D eigenvalue weighted by Gasteiger charge is -2.17. The number of anilines is 4. The van der Waals surface area contributed by atoms with Crippen LogP contribution in [0.25, 0.3) is 0 Å². The summed E-state index contributed by atoms with van der Waals surface area (Å²) in [6.07, 6.45) is 20.9. The first-order valence-electron chi connectivity index (χ1n) is 14.9. The zero-order chi connectivity index (χ0) is 27.3. The second-order valence-electron chi connectivity index (χ2n) is 11.6. The summed E-state index contributed by atoms with van der Waals surface area (Å²) in [5.74, 6) is 0. The highest BCUT2D eigenvalue weighted by Crippen LogP contribution is 2.27. The topological polar surface area (TPSA) is 76.1 Å². The van der Waals surface area contributed by atoms with Gasteiger partial charge in [-0.25, -0.2) is 18.3 Å². The highest BCUT2D eigenvalue weighted by Gasteiger charge is 2.28. The molecule has 0 aliphatic carbocycles. The molecule has 8 heteroatoms. The van der Waals surface area contributed by atoms with E-state index >= 15 is 0 Å². The van der Waals surface area contributed by atoms with E-state index in [1.54, 1.807) is 0 Å². The fourth-order valence-corrected chi connectivity index (χ4v) is 6.27. The fraction of sp³-hybridized carbons (Fsp3) is 0.438. The summed E-state index contributed by atoms with van der Waals surface area (Å²) in [4.78, 5) is 4.93. The molecule has 2 aliphatic rings. The van der Waals surface area contributed by atoms with E-state index in [1.807, 2.05) is 24.3 Å². The van der Waals surface area contributed by atoms with Gasteiger partial charge < -0.3 is 21.3 Å². The van der Waals surface area contributed by atoms with Gasteiger partial charge >= 0.3 is 0 Å². The first-order valence-corrected chi connectivity index (χ1v) is 14.9. The third kappa shape index (κ3) is 6.27. The van der Waals surface area contributed by atoms with E-state index in [4.69, 9.17) is 11.5 Å². The quantitative estimate of drug-likeness (QED) is 0.170. The van der Waals surface area contributed by atoms with Crippen LogP contribution < -0.4 is 30.4 Å². The number of aromatic nitrogens is 4. The minimum atomic E-state index is 0.535. The second-order valence-corrected chi connectivity index (χ2v) is 11.6. The van der Waals surface area contributed by atoms with Crippen molar-refractivity contribution < 1.29 is 9.13 Å². The number of benzene rings is 2. The standard InChI is InChI=1S/C32H44N8/c33-27-5-9-29(10-6-27)37-17-13-31(23-37)39-21-19-35(25-39)15-3-1-2-4-16-36-20-22-40(26-36)32-14-18-38(24-32)30-11-7-28(34)8-12-30/h5-12,19-22,25-26,31-32H,1-4,13-18,23-24,33-34H2/q+2. The lowest BCUT2D eigenvalue weighted by molar-refractivity contribution is -0.718. The Morgan fingerprint density at radius 3 is 2.12 bits per heavy atom. The van der Waals surface area contributed by atoms with E-state index < -0.39 is 0 Å². The molecule has 2 aliphatic heterocycles. The number of nitrogens with two attached hydrogens (primary N) is 2. The van der Waals surface area contributed by atoms with E-state index in [-0.39, 0.29) is 0 Å². The van der Waals surface area contributed by atoms with Gasteiger partial charge in [0.1, 0.15) is 36.9 Å². The van der Waals surface area contributed by atoms with Gasteiger partial charge in [-0.05, 0) is 74.2 Å². The average Bonchev–Trinajstić information content (AvgIpc) is 3.78. The Balaban J connectivity index is 0.881. The Morgan fingerprint density at radius 2 is 1.38 bits per heavy atom. The number of hydrogen-bond donors (Lipinski definition) is 2. The molecular formula is C32H44N8+2. The Bertz CT molecular complexity index is 1250. The molecule has 2 fully saturated rings. The van der Waals surface area contributed by atoms with E-state index in [9.17, 15) is 0 Å². The van der Waals surface area contributed by atoms with Crippen molar-refractivity contribution in [2.75, 3.05) is 47.4 Å². The molecular weight excluding hydrogens is 496 g/mol. The summed E-state index contributed by atoms with van der Waals surface area (Å²) in [6, 6.07) is 17.6. The maximum absolute atomic E-state index is 5.85. The van der Waals surface area contributed by atoms with Crippen molar-refractivity contribution in [1.82, 2.24) is 9.13 Å². The van der Waals surface area contributed by atoms with Crippen LogP contribution in [-0.4, -0.2) is 35.3 Å². The number of imidazole rings is 2. The molecule has 0 radical (unpaired) electrons. The molecule has 4 N–H and O–H groups in total. The molecule has 6 rings (SSSR count). The maximum Gasteiger partial charge on any atom is 0.244 e. The van der Waals surface area contributed by atoms with Gasteiger partial charge in [0, 0.05) is 48.7 Å². The summed E-state index contributed by atoms with van der Waals surface area (Å²) >= 11 is 0. The van der Waals surface area contributed by atoms with Gasteiger partial charge in [0.25, 0.3) is 0 Å². The molecule has 40 heavy (non-hydrogen) atoms. The van der Waals surface area contributed by atoms with Crippen LogP contribution in [0, 0.1) is 0 Å². The molecule has 0 bridgehead atoms. The lowest BCUT2D eigenvalue weighted by atomic mass is 10.2. The molecule has 0 amide bonds. The molecule has 2 saturated heterocycles. The molecule has 0 saturated carbocycles. The molecule has 2 aromatic heterocycles. The molecule has 8 nitrogen and oxygen atoms in total. The van der Waals surface area contributed by atoms with Gasteiger partial charge in [0.15, 0.2) is 0 Å². The van der Waals surface area contributed by atoms with E-state index in [0.29, 0.717) is 12.1 Å². The van der Waals surface area contributed by atoms with Gasteiger partial charge in [-0.2, -0.15) is 0 Å². The first kappa shape index (κ1) is 26.3. The van der Waals surface area contributed by atoms with Crippen LogP contribution in [0.5, 0.6) is 0 Å². The van der Waals surface area contributed by atoms with Gasteiger partial charge in [0.2, 0.25) is 12.7 Å². The predicted octanol–water partition coefficient (Wildman–Crippen LogP) is 4.19. The Labute approximate surface area is 238 Å². The van der Waals surface area contributed by atoms with Gasteiger partial charge in [-0.1, -0.05) is 0 Å². The van der Waals surface area contributed by atoms with Crippen molar-refractivity contribution in [3.63, 3.8) is 0 Å². The van der Waals surface area contributed by atoms with Crippen molar-refractivity contribution in [1.29, 1.82) is 0 Å². The van der Waals surface area contributed by atoms with Crippen LogP contribution in [0.15, 0.2) is 86.0 Å². The SMILES string of the molecule is Nc1ccc(N2CCC(n3cc[n+](CCCCCCn4cc[n+](C5CCN(c6ccc(N)cc6)C5)c4)c3)C2)cc1. The fourth-order valence-electron chi connectivity index (χ4n) is 6.27. The third-order valence-corrected chi connectivity index (χ3v) is 8.69. The monoisotopic (exact) mass is 540 g/mol. The number of aryl methyl sites for hydroxylation is 2. The summed E-state index contributed by atoms with van der Waals surface area (Å²) in [5.41, 5.74) is 15.9. The number of nitrogen functional groups attached to an aromatic ring is 2. The Hall–Kier alpha value is -3.94. The van der Waals surface area contributed by atoms with Crippen LogP contribution >= 0.6 is 0 Å². The van der Waals surface area contributed by atoms with Crippen LogP contribution in [0.2, 0.25) is 0 Å². The van der Waals surface area contributed by atoms with Crippen molar-refractivity contribution >= 4 is 22.7 Å². The highest BCUT2D eigenvalue weighted by atomic mass is 15.2. The molecule has 2 atom stereocenters. The largest absolute Gasteiger partial charge is 0.399 e. The van der Waals surface area contributed by atoms with Crippen molar-refractivity contribution in [2.45, 2.75) is 63.7 Å². The first-order chi connectivity index (χ1) is 19.6. The predicted molar refractivity (Wildman–Crippen MR) is 161 cm³/mol. The van der Waals surface area contributed by atoms with Gasteiger partial charge in [-0.3, -0.25) is 0 Å². The van der Waals surface area contributed by atoms with Crippen LogP contribution in [0.1, 0.15) is 50.6 Å². The highest BCUT2D eigenvalue weighted by molar-refractivity contribution is 5.54. The van der Waals surface area contributed by atoms with Gasteiger partial charge in [0.05, 0.1) is 26.2 Å². The van der Waals surface area contributed by atoms with Crippen molar-refractivity contribution in [3.05, 3.63) is 86.0 Å². The number of unbranched alkanes of at least 4 members (excludes halogenated alkanes) is 3. The smallest absolute Gasteiger partial charge is 0.244 e. The molecule has 0 spiro atoms. The summed E-state index contributed by atoms with van der Waals surface area (Å²) < 4.78 is 9.52. The Morgan fingerprint density at radius 1 is 0.700 bits per heavy atom. The van der Waals surface area contributed by atoms with E-state index in [2.05, 4.69) is 89.8 Å². The zero-order valence-electron chi connectivity index (χ0n) is 23.6. The van der Waals surface area contributed by atoms with Gasteiger partial charge in [-0.15, -0.1) is 0 Å². The third-order valence-electron chi connectivity index (χ3n) is 8.69. The normalized spacial score (nSPS) is 19.1. The number of nitrogens with zero attached hydrogens (tertiary/aromatic N) is 6. The van der Waals surface area contributed by atoms with Crippen LogP contribution in [0.4, 0.5) is 22.7 Å². The molecule has 210 valence electrons. The molecule has 2 aromatic carbocycles. The van der Waals surface area contributed by atoms with E-state index in [0.717, 1.165) is 50.6 Å². The number of rotatable bonds is 11. The Kier molecular flexibility index (Phi) is 7.93. The average molecular weight is 541 g/mol. The minimum absolute atomic E-state index is 0.535. The molecule has 4 aromatic rings. The van der Waals surface area contributed by atoms with Crippen LogP contribution in [0.3, 0.4) is 0 Å². The lowest BCUT2D eigenvalue weighted by Crippen LogP contribution is -2.39. The number of hydrogen-bond acceptors (Lipinski definition) is 4. The second kappa shape index (κ2) is 12.1. The zero-order valence-corrected chi connectivity index (χ0v) is 23.6. The van der Waals surface area contributed by atoms with Crippen molar-refractivity contribution in [3.8, 4) is 0 Å².